The zero-order valence-corrected chi connectivity index (χ0v) is 10.6. The van der Waals surface area contributed by atoms with Crippen LogP contribution in [0.4, 0.5) is 0 Å². The van der Waals surface area contributed by atoms with Gasteiger partial charge in [-0.25, -0.2) is 9.97 Å². The van der Waals surface area contributed by atoms with Gasteiger partial charge in [-0.05, 0) is 25.1 Å². The van der Waals surface area contributed by atoms with Crippen molar-refractivity contribution in [2.75, 3.05) is 7.11 Å². The van der Waals surface area contributed by atoms with Gasteiger partial charge in [-0.3, -0.25) is 0 Å². The van der Waals surface area contributed by atoms with Crippen LogP contribution >= 0.6 is 0 Å². The lowest BCUT2D eigenvalue weighted by Crippen LogP contribution is -2.18. The topological polar surface area (TPSA) is 61.0 Å². The molecule has 4 nitrogen and oxygen atoms in total. The Kier molecular flexibility index (Phi) is 3.89. The Balaban J connectivity index is 2.38. The van der Waals surface area contributed by atoms with Gasteiger partial charge in [0, 0.05) is 24.4 Å². The number of hydrogen-bond donors (Lipinski definition) is 1. The summed E-state index contributed by atoms with van der Waals surface area (Å²) in [4.78, 5) is 8.81. The Labute approximate surface area is 107 Å². The number of para-hydroxylation sites is 1. The number of aromatic nitrogens is 2. The highest BCUT2D eigenvalue weighted by Gasteiger charge is 2.08. The van der Waals surface area contributed by atoms with Crippen molar-refractivity contribution in [2.24, 2.45) is 5.73 Å². The van der Waals surface area contributed by atoms with Gasteiger partial charge in [-0.2, -0.15) is 0 Å². The Bertz CT molecular complexity index is 526. The van der Waals surface area contributed by atoms with Crippen LogP contribution in [0.1, 0.15) is 12.6 Å². The summed E-state index contributed by atoms with van der Waals surface area (Å²) in [5.41, 5.74) is 7.62. The maximum atomic E-state index is 5.78. The van der Waals surface area contributed by atoms with E-state index in [-0.39, 0.29) is 6.04 Å². The van der Waals surface area contributed by atoms with Crippen LogP contribution in [0, 0.1) is 0 Å². The summed E-state index contributed by atoms with van der Waals surface area (Å²) in [6.45, 7) is 1.96. The van der Waals surface area contributed by atoms with Gasteiger partial charge < -0.3 is 10.5 Å². The number of ether oxygens (including phenoxy) is 1. The van der Waals surface area contributed by atoms with Crippen LogP contribution in [0.3, 0.4) is 0 Å². The van der Waals surface area contributed by atoms with Crippen molar-refractivity contribution < 1.29 is 4.74 Å². The minimum absolute atomic E-state index is 0.0884. The smallest absolute Gasteiger partial charge is 0.163 e. The first-order valence-electron chi connectivity index (χ1n) is 5.91. The monoisotopic (exact) mass is 243 g/mol. The van der Waals surface area contributed by atoms with Gasteiger partial charge >= 0.3 is 0 Å². The minimum Gasteiger partial charge on any atom is -0.496 e. The second-order valence-electron chi connectivity index (χ2n) is 4.25. The largest absolute Gasteiger partial charge is 0.496 e. The van der Waals surface area contributed by atoms with Crippen molar-refractivity contribution in [3.8, 4) is 17.1 Å². The van der Waals surface area contributed by atoms with Gasteiger partial charge in [0.25, 0.3) is 0 Å². The summed E-state index contributed by atoms with van der Waals surface area (Å²) in [6.07, 6.45) is 2.50. The van der Waals surface area contributed by atoms with Crippen molar-refractivity contribution in [1.29, 1.82) is 0 Å². The number of methoxy groups -OCH3 is 1. The van der Waals surface area contributed by atoms with Crippen LogP contribution in [0.5, 0.6) is 5.75 Å². The highest BCUT2D eigenvalue weighted by Crippen LogP contribution is 2.26. The zero-order chi connectivity index (χ0) is 13.0. The molecule has 0 aliphatic rings. The van der Waals surface area contributed by atoms with E-state index in [0.717, 1.165) is 23.4 Å². The van der Waals surface area contributed by atoms with Gasteiger partial charge in [0.05, 0.1) is 12.7 Å². The molecule has 0 saturated heterocycles. The molecule has 2 N–H and O–H groups in total. The quantitative estimate of drug-likeness (QED) is 0.892. The Morgan fingerprint density at radius 1 is 1.28 bits per heavy atom. The van der Waals surface area contributed by atoms with Crippen LogP contribution in [-0.2, 0) is 6.42 Å². The molecule has 1 unspecified atom stereocenters. The van der Waals surface area contributed by atoms with E-state index < -0.39 is 0 Å². The summed E-state index contributed by atoms with van der Waals surface area (Å²) in [5.74, 6) is 1.45. The first-order valence-corrected chi connectivity index (χ1v) is 5.91. The van der Waals surface area contributed by atoms with E-state index in [1.54, 1.807) is 13.3 Å². The second kappa shape index (κ2) is 5.60. The molecule has 94 valence electrons. The maximum Gasteiger partial charge on any atom is 0.163 e. The van der Waals surface area contributed by atoms with E-state index in [1.165, 1.54) is 0 Å². The van der Waals surface area contributed by atoms with E-state index in [0.29, 0.717) is 5.82 Å². The molecule has 0 radical (unpaired) electrons. The SMILES string of the molecule is COc1ccccc1-c1nccc(CC(C)N)n1. The number of rotatable bonds is 4. The molecule has 1 aromatic carbocycles. The van der Waals surface area contributed by atoms with Crippen molar-refractivity contribution in [3.05, 3.63) is 42.2 Å². The Hall–Kier alpha value is -1.94. The molecule has 4 heteroatoms. The maximum absolute atomic E-state index is 5.78. The molecule has 0 aliphatic heterocycles. The lowest BCUT2D eigenvalue weighted by atomic mass is 10.1. The molecule has 0 bridgehead atoms. The lowest BCUT2D eigenvalue weighted by molar-refractivity contribution is 0.416. The van der Waals surface area contributed by atoms with Gasteiger partial charge in [-0.15, -0.1) is 0 Å². The molecule has 18 heavy (non-hydrogen) atoms. The standard InChI is InChI=1S/C14H17N3O/c1-10(15)9-11-7-8-16-14(17-11)12-5-3-4-6-13(12)18-2/h3-8,10H,9,15H2,1-2H3. The van der Waals surface area contributed by atoms with Crippen LogP contribution in [0.25, 0.3) is 11.4 Å². The zero-order valence-electron chi connectivity index (χ0n) is 10.6. The van der Waals surface area contributed by atoms with Gasteiger partial charge in [0.1, 0.15) is 5.75 Å². The van der Waals surface area contributed by atoms with E-state index in [4.69, 9.17) is 10.5 Å². The van der Waals surface area contributed by atoms with Crippen molar-refractivity contribution in [1.82, 2.24) is 9.97 Å². The molecule has 0 fully saturated rings. The molecule has 1 atom stereocenters. The fraction of sp³-hybridized carbons (Fsp3) is 0.286. The Morgan fingerprint density at radius 3 is 2.78 bits per heavy atom. The molecular weight excluding hydrogens is 226 g/mol. The number of benzene rings is 1. The van der Waals surface area contributed by atoms with Gasteiger partial charge in [-0.1, -0.05) is 12.1 Å². The average molecular weight is 243 g/mol. The summed E-state index contributed by atoms with van der Waals surface area (Å²) in [5, 5.41) is 0. The average Bonchev–Trinajstić information content (AvgIpc) is 2.38. The van der Waals surface area contributed by atoms with Crippen LogP contribution in [-0.4, -0.2) is 23.1 Å². The van der Waals surface area contributed by atoms with Crippen molar-refractivity contribution in [2.45, 2.75) is 19.4 Å². The fourth-order valence-corrected chi connectivity index (χ4v) is 1.80. The highest BCUT2D eigenvalue weighted by atomic mass is 16.5. The van der Waals surface area contributed by atoms with Crippen LogP contribution in [0.2, 0.25) is 0 Å². The molecule has 2 rings (SSSR count). The van der Waals surface area contributed by atoms with E-state index in [9.17, 15) is 0 Å². The van der Waals surface area contributed by atoms with E-state index in [1.807, 2.05) is 37.3 Å². The van der Waals surface area contributed by atoms with E-state index >= 15 is 0 Å². The third-order valence-electron chi connectivity index (χ3n) is 2.59. The summed E-state index contributed by atoms with van der Waals surface area (Å²) < 4.78 is 5.32. The predicted molar refractivity (Wildman–Crippen MR) is 71.4 cm³/mol. The molecule has 0 aliphatic carbocycles. The molecule has 0 amide bonds. The molecule has 0 saturated carbocycles. The summed E-state index contributed by atoms with van der Waals surface area (Å²) in [6, 6.07) is 9.70. The summed E-state index contributed by atoms with van der Waals surface area (Å²) in [7, 11) is 1.64. The fourth-order valence-electron chi connectivity index (χ4n) is 1.80. The van der Waals surface area contributed by atoms with Crippen molar-refractivity contribution in [3.63, 3.8) is 0 Å². The minimum atomic E-state index is 0.0884. The first-order chi connectivity index (χ1) is 8.70. The van der Waals surface area contributed by atoms with E-state index in [2.05, 4.69) is 9.97 Å². The molecule has 1 aromatic heterocycles. The predicted octanol–water partition coefficient (Wildman–Crippen LogP) is 2.04. The van der Waals surface area contributed by atoms with Gasteiger partial charge in [0.2, 0.25) is 0 Å². The highest BCUT2D eigenvalue weighted by molar-refractivity contribution is 5.63. The number of nitrogens with two attached hydrogens (primary N) is 1. The first kappa shape index (κ1) is 12.5. The molecular formula is C14H17N3O. The third-order valence-corrected chi connectivity index (χ3v) is 2.59. The second-order valence-corrected chi connectivity index (χ2v) is 4.25. The summed E-state index contributed by atoms with van der Waals surface area (Å²) >= 11 is 0. The van der Waals surface area contributed by atoms with Gasteiger partial charge in [0.15, 0.2) is 5.82 Å². The molecule has 1 heterocycles. The van der Waals surface area contributed by atoms with Crippen LogP contribution in [0.15, 0.2) is 36.5 Å². The number of hydrogen-bond acceptors (Lipinski definition) is 4. The molecule has 0 spiro atoms. The lowest BCUT2D eigenvalue weighted by Gasteiger charge is -2.09. The third kappa shape index (κ3) is 2.84. The van der Waals surface area contributed by atoms with Crippen LogP contribution < -0.4 is 10.5 Å². The number of nitrogens with zero attached hydrogens (tertiary/aromatic N) is 2. The van der Waals surface area contributed by atoms with Crippen molar-refractivity contribution >= 4 is 0 Å². The Morgan fingerprint density at radius 2 is 2.06 bits per heavy atom. The molecule has 2 aromatic rings. The normalized spacial score (nSPS) is 12.2.